The number of methoxy groups -OCH3 is 1. The first-order valence-electron chi connectivity index (χ1n) is 12.8. The predicted molar refractivity (Wildman–Crippen MR) is 145 cm³/mol. The van der Waals surface area contributed by atoms with E-state index in [-0.39, 0.29) is 16.0 Å². The average molecular weight is 563 g/mol. The zero-order valence-corrected chi connectivity index (χ0v) is 23.5. The van der Waals surface area contributed by atoms with Gasteiger partial charge in [0.25, 0.3) is 11.8 Å². The summed E-state index contributed by atoms with van der Waals surface area (Å²) in [5.74, 6) is -0.803. The molecular weight excluding hydrogens is 528 g/mol. The number of anilines is 1. The van der Waals surface area contributed by atoms with E-state index >= 15 is 0 Å². The Morgan fingerprint density at radius 1 is 1.13 bits per heavy atom. The van der Waals surface area contributed by atoms with Crippen molar-refractivity contribution in [1.29, 1.82) is 0 Å². The van der Waals surface area contributed by atoms with Crippen molar-refractivity contribution in [2.24, 2.45) is 5.92 Å². The van der Waals surface area contributed by atoms with Crippen LogP contribution in [0.3, 0.4) is 0 Å². The molecule has 38 heavy (non-hydrogen) atoms. The molecule has 10 nitrogen and oxygen atoms in total. The Kier molecular flexibility index (Phi) is 8.86. The lowest BCUT2D eigenvalue weighted by Crippen LogP contribution is -2.39. The van der Waals surface area contributed by atoms with Gasteiger partial charge in [0.15, 0.2) is 0 Å². The van der Waals surface area contributed by atoms with Crippen LogP contribution in [0.5, 0.6) is 0 Å². The maximum atomic E-state index is 13.2. The van der Waals surface area contributed by atoms with Crippen molar-refractivity contribution in [3.05, 3.63) is 45.8 Å². The number of nitrogens with zero attached hydrogens (tertiary/aromatic N) is 2. The van der Waals surface area contributed by atoms with Crippen molar-refractivity contribution in [2.45, 2.75) is 51.0 Å². The topological polar surface area (TPSA) is 125 Å². The fourth-order valence-corrected chi connectivity index (χ4v) is 7.85. The monoisotopic (exact) mass is 562 g/mol. The maximum Gasteiger partial charge on any atom is 0.413 e. The molecule has 1 aromatic heterocycles. The van der Waals surface area contributed by atoms with Crippen LogP contribution in [-0.2, 0) is 27.7 Å². The lowest BCUT2D eigenvalue weighted by atomic mass is 10.0. The number of ether oxygens (including phenoxy) is 1. The fraction of sp³-hybridized carbons (Fsp3) is 0.500. The van der Waals surface area contributed by atoms with Gasteiger partial charge in [-0.15, -0.1) is 11.3 Å². The molecule has 2 N–H and O–H groups in total. The highest BCUT2D eigenvalue weighted by atomic mass is 32.2. The first-order valence-corrected chi connectivity index (χ1v) is 15.1. The molecule has 12 heteroatoms. The number of carbonyl (C=O) groups is 3. The molecule has 2 aliphatic heterocycles. The minimum absolute atomic E-state index is 0.142. The number of piperidine rings is 1. The lowest BCUT2D eigenvalue weighted by molar-refractivity contribution is 0.0936. The van der Waals surface area contributed by atoms with Crippen molar-refractivity contribution >= 4 is 44.3 Å². The van der Waals surface area contributed by atoms with E-state index in [0.717, 1.165) is 42.8 Å². The third-order valence-corrected chi connectivity index (χ3v) is 9.92. The Balaban J connectivity index is 1.56. The van der Waals surface area contributed by atoms with Crippen molar-refractivity contribution < 1.29 is 27.5 Å². The van der Waals surface area contributed by atoms with Crippen LogP contribution in [0.15, 0.2) is 29.2 Å². The van der Waals surface area contributed by atoms with Crippen LogP contribution >= 0.6 is 11.3 Å². The smallest absolute Gasteiger partial charge is 0.413 e. The second-order valence-electron chi connectivity index (χ2n) is 9.77. The number of fused-ring (bicyclic) bond motifs is 1. The van der Waals surface area contributed by atoms with Gasteiger partial charge in [0.05, 0.1) is 17.6 Å². The molecule has 0 spiro atoms. The lowest BCUT2D eigenvalue weighted by Gasteiger charge is -2.30. The van der Waals surface area contributed by atoms with E-state index in [1.807, 2.05) is 6.92 Å². The van der Waals surface area contributed by atoms with Gasteiger partial charge in [0.1, 0.15) is 5.00 Å². The van der Waals surface area contributed by atoms with Crippen LogP contribution in [0, 0.1) is 5.92 Å². The Morgan fingerprint density at radius 2 is 1.87 bits per heavy atom. The molecule has 3 heterocycles. The van der Waals surface area contributed by atoms with Crippen LogP contribution in [0.4, 0.5) is 9.80 Å². The summed E-state index contributed by atoms with van der Waals surface area (Å²) in [7, 11) is -2.46. The minimum atomic E-state index is -3.64. The molecule has 2 aliphatic rings. The van der Waals surface area contributed by atoms with Gasteiger partial charge in [-0.2, -0.15) is 4.31 Å². The number of thiophene rings is 1. The molecule has 3 amide bonds. The van der Waals surface area contributed by atoms with E-state index in [0.29, 0.717) is 37.0 Å². The number of rotatable bonds is 7. The SMILES string of the molecule is CCCN1CCc2c(sc(NC(=O)c3ccc(S(=O)(=O)N4CCCC(C)C4)cc3)c2C(=O)NC(=O)OC)C1. The first-order chi connectivity index (χ1) is 18.1. The van der Waals surface area contributed by atoms with Crippen molar-refractivity contribution in [3.63, 3.8) is 0 Å². The zero-order chi connectivity index (χ0) is 27.4. The molecule has 4 rings (SSSR count). The molecule has 1 saturated heterocycles. The van der Waals surface area contributed by atoms with E-state index in [4.69, 9.17) is 0 Å². The van der Waals surface area contributed by atoms with Crippen molar-refractivity contribution in [2.75, 3.05) is 38.6 Å². The third-order valence-electron chi connectivity index (χ3n) is 6.90. The molecule has 206 valence electrons. The zero-order valence-electron chi connectivity index (χ0n) is 21.9. The Morgan fingerprint density at radius 3 is 2.53 bits per heavy atom. The number of hydrogen-bond donors (Lipinski definition) is 2. The Hall–Kier alpha value is -2.80. The van der Waals surface area contributed by atoms with Gasteiger partial charge in [-0.1, -0.05) is 13.8 Å². The molecule has 0 bridgehead atoms. The molecule has 0 radical (unpaired) electrons. The van der Waals surface area contributed by atoms with Gasteiger partial charge in [-0.3, -0.25) is 19.8 Å². The second kappa shape index (κ2) is 11.9. The van der Waals surface area contributed by atoms with Crippen LogP contribution < -0.4 is 10.6 Å². The molecule has 1 unspecified atom stereocenters. The number of alkyl carbamates (subject to hydrolysis) is 1. The summed E-state index contributed by atoms with van der Waals surface area (Å²) in [6.07, 6.45) is 2.58. The minimum Gasteiger partial charge on any atom is -0.453 e. The quantitative estimate of drug-likeness (QED) is 0.527. The van der Waals surface area contributed by atoms with Crippen LogP contribution in [-0.4, -0.2) is 68.8 Å². The van der Waals surface area contributed by atoms with E-state index in [2.05, 4.69) is 27.2 Å². The molecule has 1 fully saturated rings. The number of hydrogen-bond acceptors (Lipinski definition) is 8. The number of carbonyl (C=O) groups excluding carboxylic acids is 3. The highest BCUT2D eigenvalue weighted by molar-refractivity contribution is 7.89. The first kappa shape index (κ1) is 28.2. The summed E-state index contributed by atoms with van der Waals surface area (Å²) < 4.78 is 32.2. The summed E-state index contributed by atoms with van der Waals surface area (Å²) in [6, 6.07) is 5.83. The number of nitrogens with one attached hydrogen (secondary N) is 2. The predicted octanol–water partition coefficient (Wildman–Crippen LogP) is 3.69. The number of sulfonamides is 1. The summed E-state index contributed by atoms with van der Waals surface area (Å²) in [4.78, 5) is 41.3. The van der Waals surface area contributed by atoms with Gasteiger partial charge in [-0.25, -0.2) is 13.2 Å². The standard InChI is InChI=1S/C26H34N4O6S2/c1-4-12-29-14-11-20-21(16-29)37-25(22(20)24(32)28-26(33)36-3)27-23(31)18-7-9-19(10-8-18)38(34,35)30-13-5-6-17(2)15-30/h7-10,17H,4-6,11-16H2,1-3H3,(H,27,31)(H,28,32,33). The summed E-state index contributed by atoms with van der Waals surface area (Å²) in [5, 5.41) is 5.37. The van der Waals surface area contributed by atoms with Gasteiger partial charge < -0.3 is 10.1 Å². The van der Waals surface area contributed by atoms with Crippen LogP contribution in [0.2, 0.25) is 0 Å². The highest BCUT2D eigenvalue weighted by Gasteiger charge is 2.31. The van der Waals surface area contributed by atoms with E-state index in [1.165, 1.54) is 47.0 Å². The highest BCUT2D eigenvalue weighted by Crippen LogP contribution is 2.37. The van der Waals surface area contributed by atoms with Gasteiger partial charge in [0.2, 0.25) is 10.0 Å². The fourth-order valence-electron chi connectivity index (χ4n) is 4.97. The van der Waals surface area contributed by atoms with E-state index in [1.54, 1.807) is 0 Å². The molecule has 1 aromatic carbocycles. The number of amides is 3. The second-order valence-corrected chi connectivity index (χ2v) is 12.8. The average Bonchev–Trinajstić information content (AvgIpc) is 3.25. The maximum absolute atomic E-state index is 13.2. The Labute approximate surface area is 227 Å². The molecule has 0 aliphatic carbocycles. The molecule has 0 saturated carbocycles. The largest absolute Gasteiger partial charge is 0.453 e. The molecule has 2 aromatic rings. The summed E-state index contributed by atoms with van der Waals surface area (Å²) in [6.45, 7) is 7.48. The summed E-state index contributed by atoms with van der Waals surface area (Å²) in [5.41, 5.74) is 1.34. The normalized spacial score (nSPS) is 18.4. The molecule has 1 atom stereocenters. The van der Waals surface area contributed by atoms with E-state index in [9.17, 15) is 22.8 Å². The summed E-state index contributed by atoms with van der Waals surface area (Å²) >= 11 is 1.31. The van der Waals surface area contributed by atoms with Gasteiger partial charge in [0, 0.05) is 36.6 Å². The van der Waals surface area contributed by atoms with Crippen molar-refractivity contribution in [3.8, 4) is 0 Å². The number of benzene rings is 1. The third kappa shape index (κ3) is 6.09. The van der Waals surface area contributed by atoms with Crippen molar-refractivity contribution in [1.82, 2.24) is 14.5 Å². The van der Waals surface area contributed by atoms with Gasteiger partial charge in [-0.05, 0) is 68.0 Å². The van der Waals surface area contributed by atoms with Crippen LogP contribution in [0.1, 0.15) is 64.3 Å². The molecular formula is C26H34N4O6S2. The van der Waals surface area contributed by atoms with Crippen LogP contribution in [0.25, 0.3) is 0 Å². The van der Waals surface area contributed by atoms with Gasteiger partial charge >= 0.3 is 6.09 Å². The number of imide groups is 1. The Bertz CT molecular complexity index is 1310. The van der Waals surface area contributed by atoms with E-state index < -0.39 is 27.9 Å².